The molecule has 0 atom stereocenters. The molecule has 0 aliphatic rings. The van der Waals surface area contributed by atoms with Crippen molar-refractivity contribution in [1.29, 1.82) is 0 Å². The molecule has 1 aromatic heterocycles. The lowest BCUT2D eigenvalue weighted by Crippen LogP contribution is -2.15. The largest absolute Gasteiger partial charge is 0.390 e. The van der Waals surface area contributed by atoms with Gasteiger partial charge in [-0.05, 0) is 19.6 Å². The van der Waals surface area contributed by atoms with Crippen LogP contribution in [0.2, 0.25) is 0 Å². The van der Waals surface area contributed by atoms with E-state index in [1.807, 2.05) is 14.1 Å². The molecule has 9 nitrogen and oxygen atoms in total. The van der Waals surface area contributed by atoms with E-state index in [1.165, 1.54) is 0 Å². The van der Waals surface area contributed by atoms with E-state index in [9.17, 15) is 0 Å². The van der Waals surface area contributed by atoms with Gasteiger partial charge in [-0.1, -0.05) is 10.3 Å². The zero-order valence-electron chi connectivity index (χ0n) is 11.2. The van der Waals surface area contributed by atoms with E-state index < -0.39 is 0 Å². The van der Waals surface area contributed by atoms with Crippen LogP contribution >= 0.6 is 12.4 Å². The average molecular weight is 293 g/mol. The van der Waals surface area contributed by atoms with Crippen molar-refractivity contribution in [1.82, 2.24) is 25.6 Å². The van der Waals surface area contributed by atoms with Crippen LogP contribution in [0.1, 0.15) is 5.69 Å². The lowest BCUT2D eigenvalue weighted by molar-refractivity contribution is 0.276. The van der Waals surface area contributed by atoms with Gasteiger partial charge >= 0.3 is 0 Å². The van der Waals surface area contributed by atoms with E-state index >= 15 is 0 Å². The molecule has 0 aromatic carbocycles. The Balaban J connectivity index is 0. The topological polar surface area (TPSA) is 124 Å². The fraction of sp³-hybridized carbons (Fsp3) is 0.778. The summed E-state index contributed by atoms with van der Waals surface area (Å²) in [7, 11) is 3.69. The molecular weight excluding hydrogens is 272 g/mol. The van der Waals surface area contributed by atoms with Gasteiger partial charge in [-0.25, -0.2) is 0 Å². The molecule has 10 heteroatoms. The number of rotatable bonds is 7. The third-order valence-corrected chi connectivity index (χ3v) is 1.86. The number of azide groups is 1. The van der Waals surface area contributed by atoms with Crippen LogP contribution in [0.15, 0.2) is 11.3 Å². The summed E-state index contributed by atoms with van der Waals surface area (Å²) in [5, 5.41) is 25.3. The van der Waals surface area contributed by atoms with E-state index in [1.54, 1.807) is 10.9 Å². The van der Waals surface area contributed by atoms with Crippen molar-refractivity contribution in [2.45, 2.75) is 13.2 Å². The van der Waals surface area contributed by atoms with E-state index in [0.29, 0.717) is 12.2 Å². The van der Waals surface area contributed by atoms with Crippen LogP contribution in [0.4, 0.5) is 0 Å². The van der Waals surface area contributed by atoms with Crippen molar-refractivity contribution < 1.29 is 5.11 Å². The Hall–Kier alpha value is -1.38. The first-order valence-corrected chi connectivity index (χ1v) is 5.58. The Labute approximate surface area is 118 Å². The van der Waals surface area contributed by atoms with E-state index in [4.69, 9.17) is 10.6 Å². The number of hydrogen-bond acceptors (Lipinski definition) is 6. The molecule has 0 aliphatic carbocycles. The molecule has 0 aliphatic heterocycles. The van der Waals surface area contributed by atoms with Crippen LogP contribution in [0, 0.1) is 0 Å². The van der Waals surface area contributed by atoms with Gasteiger partial charge in [0.05, 0.1) is 19.3 Å². The smallest absolute Gasteiger partial charge is 0.108 e. The lowest BCUT2D eigenvalue weighted by Gasteiger charge is -1.96. The minimum absolute atomic E-state index is 0. The number of nitrogens with zero attached hydrogens (tertiary/aromatic N) is 6. The Morgan fingerprint density at radius 3 is 2.58 bits per heavy atom. The summed E-state index contributed by atoms with van der Waals surface area (Å²) in [6, 6.07) is 0. The fourth-order valence-electron chi connectivity index (χ4n) is 0.953. The third kappa shape index (κ3) is 11.4. The van der Waals surface area contributed by atoms with Gasteiger partial charge in [0, 0.05) is 24.5 Å². The zero-order valence-corrected chi connectivity index (χ0v) is 12.0. The van der Waals surface area contributed by atoms with Crippen LogP contribution in [0.3, 0.4) is 0 Å². The highest BCUT2D eigenvalue weighted by Gasteiger charge is 1.96. The van der Waals surface area contributed by atoms with Crippen molar-refractivity contribution in [2.24, 2.45) is 5.11 Å². The summed E-state index contributed by atoms with van der Waals surface area (Å²) in [5.41, 5.74) is 8.34. The normalized spacial score (nSPS) is 8.79. The van der Waals surface area contributed by atoms with Crippen molar-refractivity contribution in [3.63, 3.8) is 0 Å². The Morgan fingerprint density at radius 1 is 1.42 bits per heavy atom. The molecule has 0 unspecified atom stereocenters. The minimum Gasteiger partial charge on any atom is -0.390 e. The van der Waals surface area contributed by atoms with Gasteiger partial charge in [-0.2, -0.15) is 0 Å². The molecule has 19 heavy (non-hydrogen) atoms. The number of halogens is 1. The molecule has 0 spiro atoms. The third-order valence-electron chi connectivity index (χ3n) is 1.86. The fourth-order valence-corrected chi connectivity index (χ4v) is 0.953. The SMILES string of the molecule is CNCCN=[N+]=[N-].CNCCn1cc(CO)nn1.Cl. The molecule has 1 rings (SSSR count). The predicted molar refractivity (Wildman–Crippen MR) is 75.1 cm³/mol. The molecule has 110 valence electrons. The summed E-state index contributed by atoms with van der Waals surface area (Å²) in [6.07, 6.45) is 1.73. The van der Waals surface area contributed by atoms with Crippen molar-refractivity contribution in [3.05, 3.63) is 22.3 Å². The van der Waals surface area contributed by atoms with Gasteiger partial charge in [0.2, 0.25) is 0 Å². The van der Waals surface area contributed by atoms with E-state index in [0.717, 1.165) is 19.6 Å². The van der Waals surface area contributed by atoms with Crippen LogP contribution < -0.4 is 10.6 Å². The average Bonchev–Trinajstić information content (AvgIpc) is 2.86. The number of nitrogens with one attached hydrogen (secondary N) is 2. The quantitative estimate of drug-likeness (QED) is 0.281. The molecule has 0 saturated heterocycles. The number of hydrogen-bond donors (Lipinski definition) is 3. The highest BCUT2D eigenvalue weighted by atomic mass is 35.5. The maximum atomic E-state index is 8.64. The molecule has 0 fully saturated rings. The van der Waals surface area contributed by atoms with Gasteiger partial charge in [0.15, 0.2) is 0 Å². The summed E-state index contributed by atoms with van der Waals surface area (Å²) >= 11 is 0. The van der Waals surface area contributed by atoms with Crippen molar-refractivity contribution in [2.75, 3.05) is 33.7 Å². The van der Waals surface area contributed by atoms with E-state index in [2.05, 4.69) is 31.0 Å². The highest BCUT2D eigenvalue weighted by molar-refractivity contribution is 5.85. The molecule has 0 bridgehead atoms. The molecular formula is C9H21ClN8O. The monoisotopic (exact) mass is 292 g/mol. The maximum Gasteiger partial charge on any atom is 0.108 e. The maximum absolute atomic E-state index is 8.64. The van der Waals surface area contributed by atoms with Crippen LogP contribution in [-0.2, 0) is 13.2 Å². The molecule has 1 heterocycles. The molecule has 1 aromatic rings. The second-order valence-electron chi connectivity index (χ2n) is 3.29. The summed E-state index contributed by atoms with van der Waals surface area (Å²) in [4.78, 5) is 2.56. The van der Waals surface area contributed by atoms with Crippen LogP contribution in [-0.4, -0.2) is 53.8 Å². The van der Waals surface area contributed by atoms with E-state index in [-0.39, 0.29) is 19.0 Å². The number of aromatic nitrogens is 3. The highest BCUT2D eigenvalue weighted by Crippen LogP contribution is 1.90. The first-order valence-electron chi connectivity index (χ1n) is 5.58. The molecule has 0 saturated carbocycles. The molecule has 0 radical (unpaired) electrons. The first kappa shape index (κ1) is 19.9. The molecule has 0 amide bonds. The standard InChI is InChI=1S/C6H12N4O.C3H8N4.ClH/c1-7-2-3-10-4-6(5-11)8-9-10;1-5-2-3-6-7-4;/h4,7,11H,2-3,5H2,1H3;5H,2-3H2,1H3;1H. The van der Waals surface area contributed by atoms with Gasteiger partial charge < -0.3 is 15.7 Å². The summed E-state index contributed by atoms with van der Waals surface area (Å²) in [5.74, 6) is 0. The van der Waals surface area contributed by atoms with Crippen molar-refractivity contribution >= 4 is 12.4 Å². The predicted octanol–water partition coefficient (Wildman–Crippen LogP) is -0.0723. The second-order valence-corrected chi connectivity index (χ2v) is 3.29. The Kier molecular flexibility index (Phi) is 15.4. The van der Waals surface area contributed by atoms with Crippen LogP contribution in [0.25, 0.3) is 10.4 Å². The summed E-state index contributed by atoms with van der Waals surface area (Å²) in [6.45, 7) is 2.88. The van der Waals surface area contributed by atoms with Gasteiger partial charge in [-0.15, -0.1) is 17.5 Å². The van der Waals surface area contributed by atoms with Gasteiger partial charge in [-0.3, -0.25) is 4.68 Å². The molecule has 3 N–H and O–H groups in total. The number of aliphatic hydroxyl groups is 1. The zero-order chi connectivity index (χ0) is 13.6. The minimum atomic E-state index is -0.0421. The summed E-state index contributed by atoms with van der Waals surface area (Å²) < 4.78 is 1.70. The number of aliphatic hydroxyl groups excluding tert-OH is 1. The van der Waals surface area contributed by atoms with Crippen LogP contribution in [0.5, 0.6) is 0 Å². The first-order chi connectivity index (χ1) is 8.78. The Bertz CT molecular complexity index is 352. The number of likely N-dealkylation sites (N-methyl/N-ethyl adjacent to an activating group) is 2. The second kappa shape index (κ2) is 14.7. The lowest BCUT2D eigenvalue weighted by atomic mass is 10.5. The Morgan fingerprint density at radius 2 is 2.11 bits per heavy atom. The van der Waals surface area contributed by atoms with Gasteiger partial charge in [0.25, 0.3) is 0 Å². The van der Waals surface area contributed by atoms with Gasteiger partial charge in [0.1, 0.15) is 5.69 Å². The van der Waals surface area contributed by atoms with Crippen molar-refractivity contribution in [3.8, 4) is 0 Å².